The van der Waals surface area contributed by atoms with E-state index in [-0.39, 0.29) is 11.4 Å². The molecule has 0 fully saturated rings. The number of aryl methyl sites for hydroxylation is 1. The van der Waals surface area contributed by atoms with Crippen LogP contribution in [-0.2, 0) is 12.8 Å². The van der Waals surface area contributed by atoms with Gasteiger partial charge in [-0.2, -0.15) is 13.2 Å². The molecule has 8 heteroatoms. The molecule has 1 aromatic heterocycles. The standard InChI is InChI=1S/C14H9F6NO/c1-7-4-8(14(18,19)20)5-21-13(7)22-6-9-10(15)2-3-11(16)12(9)17/h2-5H,6H2,1H3. The number of halogens is 6. The zero-order chi connectivity index (χ0) is 16.5. The van der Waals surface area contributed by atoms with Gasteiger partial charge in [0.15, 0.2) is 11.6 Å². The summed E-state index contributed by atoms with van der Waals surface area (Å²) >= 11 is 0. The second-order valence-electron chi connectivity index (χ2n) is 4.45. The van der Waals surface area contributed by atoms with Crippen molar-refractivity contribution in [1.29, 1.82) is 0 Å². The fourth-order valence-electron chi connectivity index (χ4n) is 1.71. The Labute approximate surface area is 121 Å². The van der Waals surface area contributed by atoms with Crippen molar-refractivity contribution in [1.82, 2.24) is 4.98 Å². The highest BCUT2D eigenvalue weighted by Gasteiger charge is 2.31. The number of rotatable bonds is 3. The molecule has 22 heavy (non-hydrogen) atoms. The van der Waals surface area contributed by atoms with E-state index in [9.17, 15) is 26.3 Å². The zero-order valence-corrected chi connectivity index (χ0v) is 11.1. The lowest BCUT2D eigenvalue weighted by atomic mass is 10.2. The third-order valence-electron chi connectivity index (χ3n) is 2.85. The van der Waals surface area contributed by atoms with E-state index in [0.717, 1.165) is 12.1 Å². The molecule has 2 rings (SSSR count). The molecule has 0 N–H and O–H groups in total. The van der Waals surface area contributed by atoms with E-state index in [4.69, 9.17) is 4.74 Å². The summed E-state index contributed by atoms with van der Waals surface area (Å²) in [6, 6.07) is 2.14. The van der Waals surface area contributed by atoms with Gasteiger partial charge in [-0.1, -0.05) is 0 Å². The zero-order valence-electron chi connectivity index (χ0n) is 11.1. The van der Waals surface area contributed by atoms with E-state index in [1.54, 1.807) is 0 Å². The van der Waals surface area contributed by atoms with E-state index in [2.05, 4.69) is 4.98 Å². The van der Waals surface area contributed by atoms with Gasteiger partial charge in [0.1, 0.15) is 12.4 Å². The molecule has 1 heterocycles. The first-order valence-corrected chi connectivity index (χ1v) is 5.99. The van der Waals surface area contributed by atoms with Gasteiger partial charge in [-0.3, -0.25) is 0 Å². The molecule has 0 unspecified atom stereocenters. The van der Waals surface area contributed by atoms with Gasteiger partial charge in [0, 0.05) is 11.8 Å². The topological polar surface area (TPSA) is 22.1 Å². The predicted octanol–water partition coefficient (Wildman–Crippen LogP) is 4.41. The van der Waals surface area contributed by atoms with Crippen molar-refractivity contribution < 1.29 is 31.1 Å². The van der Waals surface area contributed by atoms with Crippen LogP contribution in [0.4, 0.5) is 26.3 Å². The summed E-state index contributed by atoms with van der Waals surface area (Å²) in [4.78, 5) is 3.46. The molecule has 2 aromatic rings. The van der Waals surface area contributed by atoms with Gasteiger partial charge in [-0.25, -0.2) is 18.2 Å². The van der Waals surface area contributed by atoms with Crippen molar-refractivity contribution >= 4 is 0 Å². The Hall–Kier alpha value is -2.25. The summed E-state index contributed by atoms with van der Waals surface area (Å²) in [5, 5.41) is 0. The number of alkyl halides is 3. The number of pyridine rings is 1. The van der Waals surface area contributed by atoms with Crippen LogP contribution in [0.15, 0.2) is 24.4 Å². The molecule has 0 bridgehead atoms. The lowest BCUT2D eigenvalue weighted by Crippen LogP contribution is -2.09. The Kier molecular flexibility index (Phi) is 4.30. The summed E-state index contributed by atoms with van der Waals surface area (Å²) in [5.41, 5.74) is -1.60. The van der Waals surface area contributed by atoms with E-state index in [1.807, 2.05) is 0 Å². The maximum absolute atomic E-state index is 13.4. The molecule has 1 aromatic carbocycles. The number of hydrogen-bond donors (Lipinski definition) is 0. The third kappa shape index (κ3) is 3.32. The van der Waals surface area contributed by atoms with Gasteiger partial charge in [-0.15, -0.1) is 0 Å². The Bertz CT molecular complexity index is 698. The monoisotopic (exact) mass is 321 g/mol. The average molecular weight is 321 g/mol. The smallest absolute Gasteiger partial charge is 0.417 e. The van der Waals surface area contributed by atoms with Crippen LogP contribution < -0.4 is 4.74 Å². The second-order valence-corrected chi connectivity index (χ2v) is 4.45. The summed E-state index contributed by atoms with van der Waals surface area (Å²) in [7, 11) is 0. The van der Waals surface area contributed by atoms with Gasteiger partial charge in [0.05, 0.1) is 11.1 Å². The molecule has 0 spiro atoms. The Morgan fingerprint density at radius 3 is 2.32 bits per heavy atom. The maximum Gasteiger partial charge on any atom is 0.417 e. The minimum atomic E-state index is -4.56. The summed E-state index contributed by atoms with van der Waals surface area (Å²) in [6.45, 7) is 0.602. The van der Waals surface area contributed by atoms with Gasteiger partial charge in [0.2, 0.25) is 5.88 Å². The number of aromatic nitrogens is 1. The van der Waals surface area contributed by atoms with E-state index >= 15 is 0 Å². The molecule has 0 aliphatic rings. The van der Waals surface area contributed by atoms with Crippen LogP contribution >= 0.6 is 0 Å². The fraction of sp³-hybridized carbons (Fsp3) is 0.214. The van der Waals surface area contributed by atoms with Gasteiger partial charge >= 0.3 is 6.18 Å². The molecule has 0 saturated heterocycles. The highest BCUT2D eigenvalue weighted by Crippen LogP contribution is 2.31. The SMILES string of the molecule is Cc1cc(C(F)(F)F)cnc1OCc1c(F)ccc(F)c1F. The highest BCUT2D eigenvalue weighted by molar-refractivity contribution is 5.30. The van der Waals surface area contributed by atoms with Crippen LogP contribution in [0.1, 0.15) is 16.7 Å². The summed E-state index contributed by atoms with van der Waals surface area (Å²) in [6.07, 6.45) is -4.02. The number of ether oxygens (including phenoxy) is 1. The number of hydrogen-bond acceptors (Lipinski definition) is 2. The van der Waals surface area contributed by atoms with Gasteiger partial charge in [-0.05, 0) is 25.1 Å². The quantitative estimate of drug-likeness (QED) is 0.617. The minimum Gasteiger partial charge on any atom is -0.472 e. The van der Waals surface area contributed by atoms with E-state index < -0.39 is 41.4 Å². The molecule has 0 saturated carbocycles. The third-order valence-corrected chi connectivity index (χ3v) is 2.85. The summed E-state index contributed by atoms with van der Waals surface area (Å²) in [5.74, 6) is -3.92. The normalized spacial score (nSPS) is 11.6. The first kappa shape index (κ1) is 16.1. The molecule has 0 aliphatic heterocycles. The molecule has 118 valence electrons. The van der Waals surface area contributed by atoms with Crippen LogP contribution in [0.25, 0.3) is 0 Å². The van der Waals surface area contributed by atoms with Gasteiger partial charge in [0.25, 0.3) is 0 Å². The fourth-order valence-corrected chi connectivity index (χ4v) is 1.71. The molecule has 0 radical (unpaired) electrons. The van der Waals surface area contributed by atoms with Crippen molar-refractivity contribution in [3.8, 4) is 5.88 Å². The molecular formula is C14H9F6NO. The van der Waals surface area contributed by atoms with Crippen molar-refractivity contribution in [2.24, 2.45) is 0 Å². The Morgan fingerprint density at radius 1 is 1.09 bits per heavy atom. The first-order chi connectivity index (χ1) is 10.2. The lowest BCUT2D eigenvalue weighted by Gasteiger charge is -2.12. The highest BCUT2D eigenvalue weighted by atomic mass is 19.4. The largest absolute Gasteiger partial charge is 0.472 e. The van der Waals surface area contributed by atoms with E-state index in [1.165, 1.54) is 6.92 Å². The molecule has 0 aliphatic carbocycles. The second kappa shape index (κ2) is 5.86. The van der Waals surface area contributed by atoms with Crippen molar-refractivity contribution in [2.75, 3.05) is 0 Å². The van der Waals surface area contributed by atoms with Gasteiger partial charge < -0.3 is 4.74 Å². The molecule has 2 nitrogen and oxygen atoms in total. The van der Waals surface area contributed by atoms with Crippen LogP contribution in [0.5, 0.6) is 5.88 Å². The molecular weight excluding hydrogens is 312 g/mol. The number of benzene rings is 1. The maximum atomic E-state index is 13.4. The lowest BCUT2D eigenvalue weighted by molar-refractivity contribution is -0.137. The predicted molar refractivity (Wildman–Crippen MR) is 64.6 cm³/mol. The molecule has 0 atom stereocenters. The number of nitrogens with zero attached hydrogens (tertiary/aromatic N) is 1. The van der Waals surface area contributed by atoms with E-state index in [0.29, 0.717) is 12.3 Å². The van der Waals surface area contributed by atoms with Crippen LogP contribution in [-0.4, -0.2) is 4.98 Å². The van der Waals surface area contributed by atoms with Crippen molar-refractivity contribution in [2.45, 2.75) is 19.7 Å². The average Bonchev–Trinajstić information content (AvgIpc) is 2.43. The Balaban J connectivity index is 2.21. The molecule has 0 amide bonds. The van der Waals surface area contributed by atoms with Crippen LogP contribution in [0.3, 0.4) is 0 Å². The van der Waals surface area contributed by atoms with Crippen LogP contribution in [0, 0.1) is 24.4 Å². The summed E-state index contributed by atoms with van der Waals surface area (Å²) < 4.78 is 82.2. The van der Waals surface area contributed by atoms with Crippen molar-refractivity contribution in [3.05, 3.63) is 58.5 Å². The van der Waals surface area contributed by atoms with Crippen molar-refractivity contribution in [3.63, 3.8) is 0 Å². The first-order valence-electron chi connectivity index (χ1n) is 5.99. The van der Waals surface area contributed by atoms with Crippen LogP contribution in [0.2, 0.25) is 0 Å². The minimum absolute atomic E-state index is 0.0343. The Morgan fingerprint density at radius 2 is 1.73 bits per heavy atom.